The number of halogens is 1. The summed E-state index contributed by atoms with van der Waals surface area (Å²) in [6.45, 7) is 0. The third-order valence-electron chi connectivity index (χ3n) is 7.05. The van der Waals surface area contributed by atoms with Crippen LogP contribution in [0.2, 0.25) is 5.02 Å². The van der Waals surface area contributed by atoms with Crippen molar-refractivity contribution in [2.75, 3.05) is 0 Å². The molecule has 1 saturated heterocycles. The molecule has 31 heavy (non-hydrogen) atoms. The summed E-state index contributed by atoms with van der Waals surface area (Å²) in [6.07, 6.45) is 6.70. The summed E-state index contributed by atoms with van der Waals surface area (Å²) in [5.74, 6) is -0.0124. The number of hydrazone groups is 1. The number of nitrogens with zero attached hydrogens (tertiary/aromatic N) is 2. The highest BCUT2D eigenvalue weighted by Crippen LogP contribution is 2.65. The summed E-state index contributed by atoms with van der Waals surface area (Å²) >= 11 is 5.92. The molecule has 4 aliphatic carbocycles. The molecule has 2 amide bonds. The van der Waals surface area contributed by atoms with E-state index < -0.39 is 5.97 Å². The highest BCUT2D eigenvalue weighted by molar-refractivity contribution is 6.33. The molecule has 1 aromatic heterocycles. The molecule has 2 saturated carbocycles. The van der Waals surface area contributed by atoms with Gasteiger partial charge in [0.15, 0.2) is 0 Å². The Kier molecular flexibility index (Phi) is 3.84. The second kappa shape index (κ2) is 6.40. The van der Waals surface area contributed by atoms with E-state index >= 15 is 0 Å². The summed E-state index contributed by atoms with van der Waals surface area (Å²) < 4.78 is 5.73. The van der Waals surface area contributed by atoms with Gasteiger partial charge in [-0.1, -0.05) is 23.8 Å². The average Bonchev–Trinajstić information content (AvgIpc) is 3.39. The van der Waals surface area contributed by atoms with Crippen LogP contribution in [-0.2, 0) is 9.59 Å². The Morgan fingerprint density at radius 1 is 1.10 bits per heavy atom. The van der Waals surface area contributed by atoms with E-state index in [1.54, 1.807) is 18.2 Å². The molecule has 156 valence electrons. The number of carbonyl (C=O) groups is 3. The van der Waals surface area contributed by atoms with Crippen molar-refractivity contribution in [3.8, 4) is 11.3 Å². The average molecular weight is 437 g/mol. The number of aromatic carboxylic acids is 1. The SMILES string of the molecule is O=C(O)c1cc(-c2ccc(/C=N/N3C(=O)C4C5C=CC(C6CC56)C4C3=O)o2)ccc1Cl. The summed E-state index contributed by atoms with van der Waals surface area (Å²) in [5.41, 5.74) is 0.519. The normalized spacial score (nSPS) is 32.6. The number of carboxylic acids is 1. The fraction of sp³-hybridized carbons (Fsp3) is 0.304. The number of carboxylic acid groups (broad SMARTS) is 1. The van der Waals surface area contributed by atoms with E-state index in [9.17, 15) is 19.5 Å². The maximum Gasteiger partial charge on any atom is 0.337 e. The molecule has 1 N–H and O–H groups in total. The first kappa shape index (κ1) is 18.6. The molecule has 1 aromatic carbocycles. The molecule has 3 fully saturated rings. The first-order chi connectivity index (χ1) is 14.9. The van der Waals surface area contributed by atoms with Crippen molar-refractivity contribution < 1.29 is 23.9 Å². The minimum Gasteiger partial charge on any atom is -0.478 e. The van der Waals surface area contributed by atoms with Crippen LogP contribution in [0.15, 0.2) is 52.0 Å². The van der Waals surface area contributed by atoms with Crippen LogP contribution in [0.25, 0.3) is 11.3 Å². The predicted octanol–water partition coefficient (Wildman–Crippen LogP) is 3.69. The number of hydrogen-bond donors (Lipinski definition) is 1. The lowest BCUT2D eigenvalue weighted by atomic mass is 9.63. The molecule has 0 spiro atoms. The van der Waals surface area contributed by atoms with Gasteiger partial charge in [0.2, 0.25) is 0 Å². The Balaban J connectivity index is 1.24. The lowest BCUT2D eigenvalue weighted by molar-refractivity contribution is -0.140. The molecular weight excluding hydrogens is 420 g/mol. The van der Waals surface area contributed by atoms with Crippen LogP contribution in [0.1, 0.15) is 22.5 Å². The number of carbonyl (C=O) groups excluding carboxylic acids is 2. The fourth-order valence-corrected chi connectivity index (χ4v) is 5.79. The monoisotopic (exact) mass is 436 g/mol. The second-order valence-corrected chi connectivity index (χ2v) is 9.00. The molecule has 2 heterocycles. The maximum atomic E-state index is 12.9. The molecule has 2 bridgehead atoms. The maximum absolute atomic E-state index is 12.9. The largest absolute Gasteiger partial charge is 0.478 e. The standard InChI is InChI=1S/C23H17ClN2O5/c24-17-5-1-10(7-16(17)23(29)30)18-6-2-11(31-18)9-25-26-21(27)19-12-3-4-13(15-8-14(12)15)20(19)22(26)28/h1-7,9,12-15,19-20H,8H2,(H,29,30)/b25-9+. The van der Waals surface area contributed by atoms with Gasteiger partial charge >= 0.3 is 5.97 Å². The predicted molar refractivity (Wildman–Crippen MR) is 110 cm³/mol. The highest BCUT2D eigenvalue weighted by atomic mass is 35.5. The van der Waals surface area contributed by atoms with Crippen LogP contribution in [0.4, 0.5) is 0 Å². The van der Waals surface area contributed by atoms with E-state index in [0.29, 0.717) is 28.9 Å². The third-order valence-corrected chi connectivity index (χ3v) is 7.38. The number of imide groups is 1. The van der Waals surface area contributed by atoms with E-state index in [-0.39, 0.29) is 46.1 Å². The van der Waals surface area contributed by atoms with Crippen LogP contribution < -0.4 is 0 Å². The first-order valence-corrected chi connectivity index (χ1v) is 10.5. The van der Waals surface area contributed by atoms with Gasteiger partial charge in [0.1, 0.15) is 11.5 Å². The van der Waals surface area contributed by atoms with Gasteiger partial charge in [-0.25, -0.2) is 4.79 Å². The van der Waals surface area contributed by atoms with E-state index in [2.05, 4.69) is 17.3 Å². The van der Waals surface area contributed by atoms with E-state index in [4.69, 9.17) is 16.0 Å². The summed E-state index contributed by atoms with van der Waals surface area (Å²) in [4.78, 5) is 37.2. The van der Waals surface area contributed by atoms with Gasteiger partial charge < -0.3 is 9.52 Å². The number of hydrogen-bond acceptors (Lipinski definition) is 5. The van der Waals surface area contributed by atoms with Crippen LogP contribution in [-0.4, -0.2) is 34.1 Å². The Morgan fingerprint density at radius 3 is 2.42 bits per heavy atom. The van der Waals surface area contributed by atoms with Gasteiger partial charge in [-0.05, 0) is 60.4 Å². The van der Waals surface area contributed by atoms with E-state index in [1.165, 1.54) is 18.3 Å². The van der Waals surface area contributed by atoms with Crippen molar-refractivity contribution in [1.29, 1.82) is 0 Å². The van der Waals surface area contributed by atoms with Crippen LogP contribution in [0.3, 0.4) is 0 Å². The van der Waals surface area contributed by atoms with E-state index in [0.717, 1.165) is 11.4 Å². The Hall–Kier alpha value is -3.19. The third kappa shape index (κ3) is 2.66. The zero-order valence-electron chi connectivity index (χ0n) is 16.1. The van der Waals surface area contributed by atoms with Gasteiger partial charge in [0.05, 0.1) is 28.6 Å². The molecule has 2 aromatic rings. The van der Waals surface area contributed by atoms with Gasteiger partial charge in [-0.15, -0.1) is 0 Å². The molecule has 8 heteroatoms. The molecule has 6 unspecified atom stereocenters. The zero-order valence-corrected chi connectivity index (χ0v) is 16.9. The number of amides is 2. The van der Waals surface area contributed by atoms with E-state index in [1.807, 2.05) is 0 Å². The molecule has 5 aliphatic rings. The quantitative estimate of drug-likeness (QED) is 0.447. The van der Waals surface area contributed by atoms with Crippen LogP contribution in [0, 0.1) is 35.5 Å². The number of rotatable bonds is 4. The van der Waals surface area contributed by atoms with Gasteiger partial charge in [0, 0.05) is 5.56 Å². The van der Waals surface area contributed by atoms with Gasteiger partial charge in [-0.2, -0.15) is 10.1 Å². The minimum atomic E-state index is -1.13. The van der Waals surface area contributed by atoms with Crippen molar-refractivity contribution >= 4 is 35.6 Å². The summed E-state index contributed by atoms with van der Waals surface area (Å²) in [7, 11) is 0. The molecule has 0 radical (unpaired) electrons. The Labute approximate surface area is 182 Å². The van der Waals surface area contributed by atoms with Gasteiger partial charge in [-0.3, -0.25) is 9.59 Å². The topological polar surface area (TPSA) is 100 Å². The molecule has 7 nitrogen and oxygen atoms in total. The van der Waals surface area contributed by atoms with Crippen LogP contribution >= 0.6 is 11.6 Å². The van der Waals surface area contributed by atoms with Crippen molar-refractivity contribution in [1.82, 2.24) is 5.01 Å². The number of furan rings is 1. The fourth-order valence-electron chi connectivity index (χ4n) is 5.59. The molecule has 7 rings (SSSR count). The summed E-state index contributed by atoms with van der Waals surface area (Å²) in [6, 6.07) is 7.89. The first-order valence-electron chi connectivity index (χ1n) is 10.2. The summed E-state index contributed by atoms with van der Waals surface area (Å²) in [5, 5.41) is 14.5. The smallest absolute Gasteiger partial charge is 0.337 e. The Morgan fingerprint density at radius 2 is 1.77 bits per heavy atom. The minimum absolute atomic E-state index is 0.0251. The van der Waals surface area contributed by atoms with Crippen molar-refractivity contribution in [2.24, 2.45) is 40.6 Å². The molecular formula is C23H17ClN2O5. The molecule has 6 atom stereocenters. The van der Waals surface area contributed by atoms with Gasteiger partial charge in [0.25, 0.3) is 11.8 Å². The van der Waals surface area contributed by atoms with Crippen molar-refractivity contribution in [3.05, 3.63) is 58.8 Å². The van der Waals surface area contributed by atoms with Crippen molar-refractivity contribution in [3.63, 3.8) is 0 Å². The lowest BCUT2D eigenvalue weighted by Crippen LogP contribution is -2.40. The number of allylic oxidation sites excluding steroid dienone is 2. The zero-order chi connectivity index (χ0) is 21.4. The second-order valence-electron chi connectivity index (χ2n) is 8.59. The molecule has 1 aliphatic heterocycles. The lowest BCUT2D eigenvalue weighted by Gasteiger charge is -2.37. The number of benzene rings is 1. The van der Waals surface area contributed by atoms with Crippen LogP contribution in [0.5, 0.6) is 0 Å². The Bertz CT molecular complexity index is 1180. The van der Waals surface area contributed by atoms with Crippen molar-refractivity contribution in [2.45, 2.75) is 6.42 Å². The highest BCUT2D eigenvalue weighted by Gasteiger charge is 2.67.